The lowest BCUT2D eigenvalue weighted by molar-refractivity contribution is -0.153. The Bertz CT molecular complexity index is 322. The molecule has 0 aliphatic rings. The minimum Gasteiger partial charge on any atom is -0.508 e. The summed E-state index contributed by atoms with van der Waals surface area (Å²) in [4.78, 5) is 11.1. The number of rotatable bonds is 3. The van der Waals surface area contributed by atoms with Crippen molar-refractivity contribution in [2.24, 2.45) is 0 Å². The summed E-state index contributed by atoms with van der Waals surface area (Å²) in [7, 11) is 0. The number of hydrogen-bond acceptors (Lipinski definition) is 4. The molecule has 1 atom stereocenters. The Balaban J connectivity index is 2.78. The number of phenols is 1. The van der Waals surface area contributed by atoms with Crippen LogP contribution in [0.3, 0.4) is 0 Å². The van der Waals surface area contributed by atoms with Crippen molar-refractivity contribution in [1.29, 1.82) is 0 Å². The zero-order valence-corrected chi connectivity index (χ0v) is 7.80. The Hall–Kier alpha value is -1.55. The first-order valence-electron chi connectivity index (χ1n) is 4.28. The average molecular weight is 196 g/mol. The summed E-state index contributed by atoms with van der Waals surface area (Å²) in [5.41, 5.74) is 0.323. The molecule has 0 saturated heterocycles. The summed E-state index contributed by atoms with van der Waals surface area (Å²) in [6.45, 7) is 1.88. The highest BCUT2D eigenvalue weighted by molar-refractivity contribution is 5.76. The molecule has 1 rings (SSSR count). The van der Waals surface area contributed by atoms with Gasteiger partial charge in [0.05, 0.1) is 6.61 Å². The second-order valence-electron chi connectivity index (χ2n) is 2.75. The van der Waals surface area contributed by atoms with Crippen LogP contribution >= 0.6 is 0 Å². The molecular weight excluding hydrogens is 184 g/mol. The molecular formula is C10H12O4. The van der Waals surface area contributed by atoms with Crippen LogP contribution in [-0.2, 0) is 9.53 Å². The van der Waals surface area contributed by atoms with E-state index in [1.54, 1.807) is 19.1 Å². The maximum absolute atomic E-state index is 11.1. The van der Waals surface area contributed by atoms with E-state index in [1.165, 1.54) is 12.1 Å². The number of aliphatic hydroxyl groups is 1. The fourth-order valence-corrected chi connectivity index (χ4v) is 1.05. The van der Waals surface area contributed by atoms with Crippen LogP contribution in [0.5, 0.6) is 5.75 Å². The number of carbonyl (C=O) groups is 1. The van der Waals surface area contributed by atoms with Crippen LogP contribution in [0.4, 0.5) is 0 Å². The first-order chi connectivity index (χ1) is 6.65. The van der Waals surface area contributed by atoms with Crippen LogP contribution in [0.1, 0.15) is 18.6 Å². The van der Waals surface area contributed by atoms with E-state index in [0.717, 1.165) is 0 Å². The van der Waals surface area contributed by atoms with Gasteiger partial charge in [-0.05, 0) is 24.6 Å². The lowest BCUT2D eigenvalue weighted by Gasteiger charge is -2.09. The Kier molecular flexibility index (Phi) is 3.48. The molecule has 0 fully saturated rings. The van der Waals surface area contributed by atoms with Crippen LogP contribution < -0.4 is 0 Å². The standard InChI is InChI=1S/C10H12O4/c1-2-14-10(13)9(12)7-4-3-5-8(11)6-7/h3-6,9,11-12H,2H2,1H3. The van der Waals surface area contributed by atoms with Crippen LogP contribution in [0.15, 0.2) is 24.3 Å². The Morgan fingerprint density at radius 1 is 1.57 bits per heavy atom. The number of aliphatic hydroxyl groups excluding tert-OH is 1. The van der Waals surface area contributed by atoms with Crippen molar-refractivity contribution in [3.05, 3.63) is 29.8 Å². The molecule has 0 amide bonds. The number of hydrogen-bond donors (Lipinski definition) is 2. The molecule has 0 aliphatic carbocycles. The third kappa shape index (κ3) is 2.47. The molecule has 4 heteroatoms. The van der Waals surface area contributed by atoms with E-state index in [9.17, 15) is 9.90 Å². The molecule has 14 heavy (non-hydrogen) atoms. The monoisotopic (exact) mass is 196 g/mol. The molecule has 0 aliphatic heterocycles. The van der Waals surface area contributed by atoms with Crippen LogP contribution in [0, 0.1) is 0 Å². The van der Waals surface area contributed by atoms with E-state index in [1.807, 2.05) is 0 Å². The number of phenolic OH excluding ortho intramolecular Hbond substituents is 1. The summed E-state index contributed by atoms with van der Waals surface area (Å²) in [5, 5.41) is 18.6. The predicted octanol–water partition coefficient (Wildman–Crippen LogP) is 0.989. The van der Waals surface area contributed by atoms with E-state index in [4.69, 9.17) is 5.11 Å². The highest BCUT2D eigenvalue weighted by atomic mass is 16.5. The molecule has 0 saturated carbocycles. The number of ether oxygens (including phenoxy) is 1. The molecule has 0 heterocycles. The highest BCUT2D eigenvalue weighted by Gasteiger charge is 2.18. The SMILES string of the molecule is CCOC(=O)C(O)c1cccc(O)c1. The summed E-state index contributed by atoms with van der Waals surface area (Å²) < 4.78 is 4.63. The molecule has 0 spiro atoms. The van der Waals surface area contributed by atoms with Gasteiger partial charge in [0, 0.05) is 0 Å². The Morgan fingerprint density at radius 2 is 2.29 bits per heavy atom. The highest BCUT2D eigenvalue weighted by Crippen LogP contribution is 2.18. The van der Waals surface area contributed by atoms with Gasteiger partial charge in [-0.2, -0.15) is 0 Å². The lowest BCUT2D eigenvalue weighted by Crippen LogP contribution is -2.15. The lowest BCUT2D eigenvalue weighted by atomic mass is 10.1. The minimum atomic E-state index is -1.33. The van der Waals surface area contributed by atoms with Crippen molar-refractivity contribution in [2.75, 3.05) is 6.61 Å². The van der Waals surface area contributed by atoms with Gasteiger partial charge >= 0.3 is 5.97 Å². The summed E-state index contributed by atoms with van der Waals surface area (Å²) in [6, 6.07) is 5.87. The maximum atomic E-state index is 11.1. The van der Waals surface area contributed by atoms with Crippen molar-refractivity contribution in [3.63, 3.8) is 0 Å². The minimum absolute atomic E-state index is 0.00542. The van der Waals surface area contributed by atoms with Gasteiger partial charge in [-0.3, -0.25) is 0 Å². The van der Waals surface area contributed by atoms with E-state index in [-0.39, 0.29) is 12.4 Å². The summed E-state index contributed by atoms with van der Waals surface area (Å²) in [6.07, 6.45) is -1.33. The van der Waals surface area contributed by atoms with Gasteiger partial charge in [0.1, 0.15) is 5.75 Å². The maximum Gasteiger partial charge on any atom is 0.339 e. The number of carbonyl (C=O) groups excluding carboxylic acids is 1. The van der Waals surface area contributed by atoms with Crippen molar-refractivity contribution < 1.29 is 19.7 Å². The Labute approximate surface area is 81.8 Å². The van der Waals surface area contributed by atoms with Gasteiger partial charge in [0.25, 0.3) is 0 Å². The van der Waals surface area contributed by atoms with Crippen molar-refractivity contribution in [2.45, 2.75) is 13.0 Å². The molecule has 1 unspecified atom stereocenters. The number of esters is 1. The van der Waals surface area contributed by atoms with Crippen LogP contribution in [-0.4, -0.2) is 22.8 Å². The molecule has 4 nitrogen and oxygen atoms in total. The molecule has 76 valence electrons. The zero-order valence-electron chi connectivity index (χ0n) is 7.80. The first-order valence-corrected chi connectivity index (χ1v) is 4.28. The molecule has 0 radical (unpaired) electrons. The van der Waals surface area contributed by atoms with E-state index in [0.29, 0.717) is 5.56 Å². The largest absolute Gasteiger partial charge is 0.508 e. The van der Waals surface area contributed by atoms with E-state index < -0.39 is 12.1 Å². The van der Waals surface area contributed by atoms with E-state index >= 15 is 0 Å². The van der Waals surface area contributed by atoms with Crippen molar-refractivity contribution in [1.82, 2.24) is 0 Å². The van der Waals surface area contributed by atoms with Gasteiger partial charge in [0.15, 0.2) is 6.10 Å². The molecule has 1 aromatic rings. The van der Waals surface area contributed by atoms with Crippen molar-refractivity contribution >= 4 is 5.97 Å². The molecule has 0 bridgehead atoms. The first kappa shape index (κ1) is 10.5. The van der Waals surface area contributed by atoms with Gasteiger partial charge in [-0.25, -0.2) is 4.79 Å². The van der Waals surface area contributed by atoms with Gasteiger partial charge in [-0.15, -0.1) is 0 Å². The van der Waals surface area contributed by atoms with Gasteiger partial charge in [0.2, 0.25) is 0 Å². The Morgan fingerprint density at radius 3 is 2.86 bits per heavy atom. The van der Waals surface area contributed by atoms with Crippen molar-refractivity contribution in [3.8, 4) is 5.75 Å². The fourth-order valence-electron chi connectivity index (χ4n) is 1.05. The summed E-state index contributed by atoms with van der Waals surface area (Å²) >= 11 is 0. The zero-order chi connectivity index (χ0) is 10.6. The third-order valence-electron chi connectivity index (χ3n) is 1.70. The smallest absolute Gasteiger partial charge is 0.339 e. The molecule has 1 aromatic carbocycles. The number of benzene rings is 1. The average Bonchev–Trinajstić information content (AvgIpc) is 2.17. The van der Waals surface area contributed by atoms with Gasteiger partial charge in [-0.1, -0.05) is 12.1 Å². The second kappa shape index (κ2) is 4.62. The third-order valence-corrected chi connectivity index (χ3v) is 1.70. The van der Waals surface area contributed by atoms with Gasteiger partial charge < -0.3 is 14.9 Å². The number of aromatic hydroxyl groups is 1. The second-order valence-corrected chi connectivity index (χ2v) is 2.75. The van der Waals surface area contributed by atoms with Crippen LogP contribution in [0.25, 0.3) is 0 Å². The fraction of sp³-hybridized carbons (Fsp3) is 0.300. The molecule has 0 aromatic heterocycles. The van der Waals surface area contributed by atoms with Crippen LogP contribution in [0.2, 0.25) is 0 Å². The normalized spacial score (nSPS) is 12.1. The molecule has 2 N–H and O–H groups in total. The quantitative estimate of drug-likeness (QED) is 0.707. The van der Waals surface area contributed by atoms with E-state index in [2.05, 4.69) is 4.74 Å². The predicted molar refractivity (Wildman–Crippen MR) is 49.7 cm³/mol. The topological polar surface area (TPSA) is 66.8 Å². The summed E-state index contributed by atoms with van der Waals surface area (Å²) in [5.74, 6) is -0.705.